The Morgan fingerprint density at radius 3 is 2.55 bits per heavy atom. The molecule has 4 aromatic rings. The molecule has 0 aliphatic heterocycles. The summed E-state index contributed by atoms with van der Waals surface area (Å²) in [6, 6.07) is 16.1. The Kier molecular flexibility index (Phi) is 4.99. The lowest BCUT2D eigenvalue weighted by Gasteiger charge is -2.17. The molecular formula is C22H15BrN6. The number of hydrogen-bond donors (Lipinski definition) is 1. The average molecular weight is 443 g/mol. The molecule has 29 heavy (non-hydrogen) atoms. The van der Waals surface area contributed by atoms with Crippen LogP contribution in [0.2, 0.25) is 0 Å². The third-order valence-corrected chi connectivity index (χ3v) is 5.31. The lowest BCUT2D eigenvalue weighted by molar-refractivity contribution is 0.937. The Morgan fingerprint density at radius 2 is 1.86 bits per heavy atom. The molecule has 0 aliphatic carbocycles. The van der Waals surface area contributed by atoms with Crippen molar-refractivity contribution in [1.29, 1.82) is 10.5 Å². The number of aryl methyl sites for hydroxylation is 1. The molecule has 0 saturated carbocycles. The molecule has 0 radical (unpaired) electrons. The first-order valence-corrected chi connectivity index (χ1v) is 9.67. The van der Waals surface area contributed by atoms with E-state index in [1.165, 1.54) is 0 Å². The minimum Gasteiger partial charge on any atom is -0.365 e. The van der Waals surface area contributed by atoms with Gasteiger partial charge in [0.25, 0.3) is 0 Å². The lowest BCUT2D eigenvalue weighted by atomic mass is 9.92. The van der Waals surface area contributed by atoms with Crippen LogP contribution in [0.25, 0.3) is 16.6 Å². The maximum absolute atomic E-state index is 10.1. The summed E-state index contributed by atoms with van der Waals surface area (Å²) in [5, 5.41) is 27.8. The van der Waals surface area contributed by atoms with Crippen molar-refractivity contribution in [3.05, 3.63) is 81.7 Å². The second-order valence-electron chi connectivity index (χ2n) is 6.48. The van der Waals surface area contributed by atoms with Gasteiger partial charge in [0.05, 0.1) is 16.2 Å². The van der Waals surface area contributed by atoms with E-state index < -0.39 is 0 Å². The highest BCUT2D eigenvalue weighted by Crippen LogP contribution is 2.38. The Morgan fingerprint density at radius 1 is 1.07 bits per heavy atom. The Labute approximate surface area is 176 Å². The molecular weight excluding hydrogens is 428 g/mol. The number of halogens is 1. The molecule has 4 rings (SSSR count). The summed E-state index contributed by atoms with van der Waals surface area (Å²) in [5.41, 5.74) is 4.82. The maximum Gasteiger partial charge on any atom is 0.147 e. The normalized spacial score (nSPS) is 10.5. The summed E-state index contributed by atoms with van der Waals surface area (Å²) < 4.78 is 2.30. The minimum absolute atomic E-state index is 0.378. The molecule has 0 amide bonds. The molecule has 0 atom stereocenters. The van der Waals surface area contributed by atoms with Gasteiger partial charge in [-0.2, -0.15) is 15.6 Å². The van der Waals surface area contributed by atoms with Crippen LogP contribution in [0.1, 0.15) is 22.3 Å². The lowest BCUT2D eigenvalue weighted by Crippen LogP contribution is -2.10. The van der Waals surface area contributed by atoms with Crippen LogP contribution >= 0.6 is 15.9 Å². The molecule has 140 valence electrons. The van der Waals surface area contributed by atoms with Crippen LogP contribution in [0.15, 0.2) is 59.5 Å². The topological polar surface area (TPSA) is 89.8 Å². The number of anilines is 1. The molecule has 3 aromatic heterocycles. The molecule has 0 saturated heterocycles. The first kappa shape index (κ1) is 18.7. The van der Waals surface area contributed by atoms with E-state index in [1.54, 1.807) is 23.1 Å². The van der Waals surface area contributed by atoms with Crippen molar-refractivity contribution in [2.75, 3.05) is 5.32 Å². The van der Waals surface area contributed by atoms with Gasteiger partial charge in [-0.25, -0.2) is 4.52 Å². The fourth-order valence-corrected chi connectivity index (χ4v) is 3.84. The molecule has 3 heterocycles. The summed E-state index contributed by atoms with van der Waals surface area (Å²) in [6.45, 7) is 2.43. The highest BCUT2D eigenvalue weighted by atomic mass is 79.9. The first-order valence-electron chi connectivity index (χ1n) is 8.88. The second-order valence-corrected chi connectivity index (χ2v) is 7.33. The van der Waals surface area contributed by atoms with Crippen LogP contribution in [0.3, 0.4) is 0 Å². The summed E-state index contributed by atoms with van der Waals surface area (Å²) in [7, 11) is 0. The SMILES string of the molecule is Cc1ccccc1-c1c(C#N)c(NCc2cccnc2)n2ncc(Br)c2c1C#N. The fraction of sp³-hybridized carbons (Fsp3) is 0.0909. The summed E-state index contributed by atoms with van der Waals surface area (Å²) in [5.74, 6) is 0.536. The first-order chi connectivity index (χ1) is 14.2. The molecule has 6 nitrogen and oxygen atoms in total. The number of rotatable bonds is 4. The van der Waals surface area contributed by atoms with Gasteiger partial charge in [-0.15, -0.1) is 0 Å². The van der Waals surface area contributed by atoms with Crippen LogP contribution < -0.4 is 5.32 Å². The van der Waals surface area contributed by atoms with Gasteiger partial charge in [0.2, 0.25) is 0 Å². The number of pyridine rings is 2. The molecule has 7 heteroatoms. The van der Waals surface area contributed by atoms with Crippen LogP contribution in [0.5, 0.6) is 0 Å². The number of nitriles is 2. The van der Waals surface area contributed by atoms with E-state index in [0.29, 0.717) is 39.0 Å². The van der Waals surface area contributed by atoms with Crippen molar-refractivity contribution in [3.8, 4) is 23.3 Å². The van der Waals surface area contributed by atoms with Gasteiger partial charge >= 0.3 is 0 Å². The summed E-state index contributed by atoms with van der Waals surface area (Å²) >= 11 is 3.51. The molecule has 1 N–H and O–H groups in total. The maximum atomic E-state index is 10.1. The molecule has 0 bridgehead atoms. The minimum atomic E-state index is 0.378. The van der Waals surface area contributed by atoms with Crippen molar-refractivity contribution in [2.24, 2.45) is 0 Å². The van der Waals surface area contributed by atoms with E-state index in [2.05, 4.69) is 43.5 Å². The third-order valence-electron chi connectivity index (χ3n) is 4.73. The molecule has 1 aromatic carbocycles. The zero-order valence-electron chi connectivity index (χ0n) is 15.5. The Balaban J connectivity index is 2.02. The van der Waals surface area contributed by atoms with Crippen molar-refractivity contribution in [2.45, 2.75) is 13.5 Å². The zero-order valence-corrected chi connectivity index (χ0v) is 17.1. The largest absolute Gasteiger partial charge is 0.365 e. The molecule has 0 aliphatic rings. The van der Waals surface area contributed by atoms with Gasteiger partial charge < -0.3 is 5.32 Å². The number of nitrogens with one attached hydrogen (secondary N) is 1. The van der Waals surface area contributed by atoms with Gasteiger partial charge in [0.1, 0.15) is 29.0 Å². The highest BCUT2D eigenvalue weighted by molar-refractivity contribution is 9.10. The van der Waals surface area contributed by atoms with Crippen molar-refractivity contribution in [3.63, 3.8) is 0 Å². The Bertz CT molecular complexity index is 1300. The monoisotopic (exact) mass is 442 g/mol. The number of fused-ring (bicyclic) bond motifs is 1. The standard InChI is InChI=1S/C22H15BrN6/c1-14-5-2-3-7-16(14)20-17(9-24)21-19(23)13-28-29(21)22(18(20)10-25)27-12-15-6-4-8-26-11-15/h2-8,11,13,27H,12H2,1H3. The number of hydrogen-bond acceptors (Lipinski definition) is 5. The third kappa shape index (κ3) is 3.22. The number of benzene rings is 1. The molecule has 0 spiro atoms. The highest BCUT2D eigenvalue weighted by Gasteiger charge is 2.24. The van der Waals surface area contributed by atoms with Gasteiger partial charge in [-0.1, -0.05) is 30.3 Å². The Hall–Kier alpha value is -3.68. The summed E-state index contributed by atoms with van der Waals surface area (Å²) in [6.07, 6.45) is 5.11. The van der Waals surface area contributed by atoms with Crippen molar-refractivity contribution in [1.82, 2.24) is 14.6 Å². The van der Waals surface area contributed by atoms with Gasteiger partial charge in [-0.05, 0) is 45.6 Å². The van der Waals surface area contributed by atoms with E-state index in [1.807, 2.05) is 43.3 Å². The van der Waals surface area contributed by atoms with Crippen LogP contribution in [0, 0.1) is 29.6 Å². The smallest absolute Gasteiger partial charge is 0.147 e. The predicted molar refractivity (Wildman–Crippen MR) is 114 cm³/mol. The quantitative estimate of drug-likeness (QED) is 0.488. The number of aromatic nitrogens is 3. The van der Waals surface area contributed by atoms with Crippen LogP contribution in [0.4, 0.5) is 5.82 Å². The predicted octanol–water partition coefficient (Wildman–Crippen LogP) is 4.82. The average Bonchev–Trinajstić information content (AvgIpc) is 3.13. The van der Waals surface area contributed by atoms with Crippen LogP contribution in [-0.4, -0.2) is 14.6 Å². The van der Waals surface area contributed by atoms with E-state index in [9.17, 15) is 10.5 Å². The number of nitrogens with zero attached hydrogens (tertiary/aromatic N) is 5. The van der Waals surface area contributed by atoms with Crippen molar-refractivity contribution >= 4 is 27.3 Å². The summed E-state index contributed by atoms with van der Waals surface area (Å²) in [4.78, 5) is 4.13. The van der Waals surface area contributed by atoms with E-state index in [-0.39, 0.29) is 0 Å². The molecule has 0 fully saturated rings. The van der Waals surface area contributed by atoms with E-state index >= 15 is 0 Å². The zero-order chi connectivity index (χ0) is 20.4. The fourth-order valence-electron chi connectivity index (χ4n) is 3.38. The van der Waals surface area contributed by atoms with Gasteiger partial charge in [0.15, 0.2) is 0 Å². The van der Waals surface area contributed by atoms with Gasteiger partial charge in [-0.3, -0.25) is 4.98 Å². The molecule has 0 unspecified atom stereocenters. The van der Waals surface area contributed by atoms with Gasteiger partial charge in [0, 0.05) is 24.5 Å². The van der Waals surface area contributed by atoms with E-state index in [0.717, 1.165) is 16.7 Å². The van der Waals surface area contributed by atoms with Crippen molar-refractivity contribution < 1.29 is 0 Å². The van der Waals surface area contributed by atoms with Crippen LogP contribution in [-0.2, 0) is 6.54 Å². The second kappa shape index (κ2) is 7.75. The van der Waals surface area contributed by atoms with E-state index in [4.69, 9.17) is 0 Å².